The van der Waals surface area contributed by atoms with Crippen LogP contribution in [-0.2, 0) is 20.7 Å². The number of ether oxygens (including phenoxy) is 2. The Hall–Kier alpha value is -3.47. The minimum Gasteiger partial charge on any atom is -0.458 e. The second-order valence-electron chi connectivity index (χ2n) is 7.96. The Morgan fingerprint density at radius 1 is 1.14 bits per heavy atom. The van der Waals surface area contributed by atoms with Crippen molar-refractivity contribution >= 4 is 35.2 Å². The van der Waals surface area contributed by atoms with Gasteiger partial charge in [-0.05, 0) is 22.0 Å². The van der Waals surface area contributed by atoms with Gasteiger partial charge < -0.3 is 24.6 Å². The van der Waals surface area contributed by atoms with Crippen LogP contribution in [0, 0.1) is 0 Å². The van der Waals surface area contributed by atoms with Gasteiger partial charge in [0.15, 0.2) is 17.9 Å². The van der Waals surface area contributed by atoms with Crippen LogP contribution in [0.25, 0.3) is 5.32 Å². The van der Waals surface area contributed by atoms with Gasteiger partial charge in [-0.2, -0.15) is 0 Å². The molecule has 1 saturated heterocycles. The minimum atomic E-state index is -0.655. The maximum Gasteiger partial charge on any atom is 0.320 e. The molecule has 1 unspecified atom stereocenters. The van der Waals surface area contributed by atoms with E-state index in [0.29, 0.717) is 43.4 Å². The van der Waals surface area contributed by atoms with E-state index in [-0.39, 0.29) is 31.0 Å². The summed E-state index contributed by atoms with van der Waals surface area (Å²) in [5.41, 5.74) is 1.47. The molecule has 11 heteroatoms. The Morgan fingerprint density at radius 3 is 2.66 bits per heavy atom. The van der Waals surface area contributed by atoms with Crippen LogP contribution in [-0.4, -0.2) is 61.6 Å². The number of benzene rings is 2. The molecule has 1 atom stereocenters. The van der Waals surface area contributed by atoms with Crippen molar-refractivity contribution in [3.05, 3.63) is 76.7 Å². The number of esters is 1. The molecule has 2 aromatic carbocycles. The SMILES string of the molecule is O=C([N-]c1c[n+](C(COC(=O)CN2CCOCC2)Cc2ccccc2)no1)Nc1ccccc1Cl. The maximum atomic E-state index is 12.4. The fourth-order valence-corrected chi connectivity index (χ4v) is 3.75. The van der Waals surface area contributed by atoms with Gasteiger partial charge in [0.05, 0.1) is 19.8 Å². The number of carbonyl (C=O) groups excluding carboxylic acids is 2. The number of carbonyl (C=O) groups is 2. The van der Waals surface area contributed by atoms with E-state index in [1.54, 1.807) is 24.3 Å². The number of nitrogens with zero attached hydrogens (tertiary/aromatic N) is 4. The first-order valence-electron chi connectivity index (χ1n) is 11.2. The summed E-state index contributed by atoms with van der Waals surface area (Å²) in [7, 11) is 0. The maximum absolute atomic E-state index is 12.4. The number of amides is 2. The van der Waals surface area contributed by atoms with Gasteiger partial charge in [-0.1, -0.05) is 60.1 Å². The molecule has 1 fully saturated rings. The zero-order chi connectivity index (χ0) is 24.5. The predicted molar refractivity (Wildman–Crippen MR) is 128 cm³/mol. The fourth-order valence-electron chi connectivity index (χ4n) is 3.57. The van der Waals surface area contributed by atoms with Gasteiger partial charge in [-0.15, -0.1) is 0 Å². The second-order valence-corrected chi connectivity index (χ2v) is 8.36. The summed E-state index contributed by atoms with van der Waals surface area (Å²) in [6, 6.07) is 15.6. The summed E-state index contributed by atoms with van der Waals surface area (Å²) in [5, 5.41) is 10.9. The quantitative estimate of drug-likeness (QED) is 0.354. The summed E-state index contributed by atoms with van der Waals surface area (Å²) in [4.78, 5) is 26.7. The van der Waals surface area contributed by atoms with Crippen molar-refractivity contribution in [3.8, 4) is 0 Å². The summed E-state index contributed by atoms with van der Waals surface area (Å²) >= 11 is 6.07. The van der Waals surface area contributed by atoms with Crippen molar-refractivity contribution in [3.63, 3.8) is 0 Å². The number of hydrogen-bond donors (Lipinski definition) is 1. The molecule has 1 aliphatic heterocycles. The third-order valence-electron chi connectivity index (χ3n) is 5.38. The van der Waals surface area contributed by atoms with Gasteiger partial charge in [-0.25, -0.2) is 0 Å². The largest absolute Gasteiger partial charge is 0.458 e. The number of aromatic nitrogens is 2. The van der Waals surface area contributed by atoms with E-state index in [0.717, 1.165) is 5.56 Å². The van der Waals surface area contributed by atoms with Gasteiger partial charge in [-0.3, -0.25) is 14.5 Å². The van der Waals surface area contributed by atoms with Crippen LogP contribution >= 0.6 is 11.6 Å². The lowest BCUT2D eigenvalue weighted by Crippen LogP contribution is -2.45. The monoisotopic (exact) mass is 499 g/mol. The standard InChI is InChI=1S/C24H26ClN5O5/c25-20-8-4-5-9-21(20)26-24(32)27-22-15-30(28-35-22)19(14-18-6-2-1-3-7-18)17-34-23(31)16-29-10-12-33-13-11-29/h1-9,15,19H,10-14,16-17H2,(H-,26,27,28,32). The van der Waals surface area contributed by atoms with Crippen molar-refractivity contribution in [1.29, 1.82) is 0 Å². The van der Waals surface area contributed by atoms with Crippen molar-refractivity contribution in [1.82, 2.24) is 10.2 Å². The highest BCUT2D eigenvalue weighted by atomic mass is 35.5. The Labute approximate surface area is 207 Å². The van der Waals surface area contributed by atoms with Gasteiger partial charge in [0.25, 0.3) is 0 Å². The van der Waals surface area contributed by atoms with E-state index in [1.165, 1.54) is 10.9 Å². The lowest BCUT2D eigenvalue weighted by Gasteiger charge is -2.25. The zero-order valence-electron chi connectivity index (χ0n) is 19.0. The van der Waals surface area contributed by atoms with Crippen molar-refractivity contribution in [2.45, 2.75) is 12.5 Å². The van der Waals surface area contributed by atoms with Crippen LogP contribution in [0.3, 0.4) is 0 Å². The first-order valence-corrected chi connectivity index (χ1v) is 11.6. The average Bonchev–Trinajstić information content (AvgIpc) is 3.32. The molecular weight excluding hydrogens is 474 g/mol. The number of nitrogens with one attached hydrogen (secondary N) is 1. The van der Waals surface area contributed by atoms with Crippen LogP contribution in [0.2, 0.25) is 5.02 Å². The highest BCUT2D eigenvalue weighted by Gasteiger charge is 2.27. The van der Waals surface area contributed by atoms with Crippen molar-refractivity contribution in [2.75, 3.05) is 44.8 Å². The Morgan fingerprint density at radius 2 is 1.89 bits per heavy atom. The van der Waals surface area contributed by atoms with Gasteiger partial charge in [0, 0.05) is 24.5 Å². The smallest absolute Gasteiger partial charge is 0.320 e. The predicted octanol–water partition coefficient (Wildman–Crippen LogP) is 3.51. The third-order valence-corrected chi connectivity index (χ3v) is 5.71. The number of para-hydroxylation sites is 1. The molecular formula is C24H26ClN5O5. The van der Waals surface area contributed by atoms with E-state index >= 15 is 0 Å². The molecule has 184 valence electrons. The summed E-state index contributed by atoms with van der Waals surface area (Å²) in [6.07, 6.45) is 2.03. The lowest BCUT2D eigenvalue weighted by atomic mass is 10.1. The van der Waals surface area contributed by atoms with E-state index < -0.39 is 6.03 Å². The van der Waals surface area contributed by atoms with Crippen molar-refractivity contribution in [2.24, 2.45) is 0 Å². The first-order chi connectivity index (χ1) is 17.1. The molecule has 10 nitrogen and oxygen atoms in total. The highest BCUT2D eigenvalue weighted by molar-refractivity contribution is 6.33. The molecule has 1 aromatic heterocycles. The van der Waals surface area contributed by atoms with E-state index in [2.05, 4.69) is 15.9 Å². The lowest BCUT2D eigenvalue weighted by molar-refractivity contribution is -0.785. The molecule has 0 bridgehead atoms. The molecule has 0 radical (unpaired) electrons. The van der Waals surface area contributed by atoms with Crippen LogP contribution in [0.4, 0.5) is 16.4 Å². The molecule has 2 heterocycles. The molecule has 0 aliphatic carbocycles. The van der Waals surface area contributed by atoms with Crippen molar-refractivity contribution < 1.29 is 28.3 Å². The Kier molecular flexibility index (Phi) is 8.66. The van der Waals surface area contributed by atoms with Gasteiger partial charge >= 0.3 is 5.97 Å². The van der Waals surface area contributed by atoms with Gasteiger partial charge in [0.2, 0.25) is 18.1 Å². The molecule has 3 aromatic rings. The summed E-state index contributed by atoms with van der Waals surface area (Å²) in [6.45, 7) is 2.89. The topological polar surface area (TPSA) is 112 Å². The Balaban J connectivity index is 1.38. The first kappa shape index (κ1) is 24.6. The molecule has 1 N–H and O–H groups in total. The zero-order valence-corrected chi connectivity index (χ0v) is 19.8. The van der Waals surface area contributed by atoms with Crippen LogP contribution in [0.1, 0.15) is 11.6 Å². The number of anilines is 1. The van der Waals surface area contributed by atoms with Crippen LogP contribution in [0.5, 0.6) is 0 Å². The number of rotatable bonds is 9. The molecule has 1 aliphatic rings. The Bertz CT molecular complexity index is 1120. The molecule has 0 saturated carbocycles. The summed E-state index contributed by atoms with van der Waals surface area (Å²) < 4.78 is 17.6. The third kappa shape index (κ3) is 7.51. The number of morpholine rings is 1. The van der Waals surface area contributed by atoms with E-state index in [9.17, 15) is 9.59 Å². The van der Waals surface area contributed by atoms with E-state index in [4.69, 9.17) is 25.6 Å². The van der Waals surface area contributed by atoms with E-state index in [1.807, 2.05) is 35.2 Å². The number of halogens is 1. The number of hydrogen-bond acceptors (Lipinski definition) is 7. The highest BCUT2D eigenvalue weighted by Crippen LogP contribution is 2.23. The summed E-state index contributed by atoms with van der Waals surface area (Å²) in [5.74, 6) is -0.314. The minimum absolute atomic E-state index is 0.00672. The number of urea groups is 1. The molecule has 2 amide bonds. The normalized spacial score (nSPS) is 14.8. The van der Waals surface area contributed by atoms with Crippen LogP contribution < -0.4 is 10.00 Å². The molecule has 35 heavy (non-hydrogen) atoms. The molecule has 0 spiro atoms. The fraction of sp³-hybridized carbons (Fsp3) is 0.333. The van der Waals surface area contributed by atoms with Crippen LogP contribution in [0.15, 0.2) is 65.3 Å². The molecule has 4 rings (SSSR count). The van der Waals surface area contributed by atoms with Gasteiger partial charge in [0.1, 0.15) is 0 Å². The second kappa shape index (κ2) is 12.3. The average molecular weight is 500 g/mol.